The molecule has 1 aromatic rings. The van der Waals surface area contributed by atoms with Gasteiger partial charge in [0.25, 0.3) is 0 Å². The largest absolute Gasteiger partial charge is 0.348 e. The molecule has 4 rings (SSSR count). The van der Waals surface area contributed by atoms with Crippen molar-refractivity contribution in [3.05, 3.63) is 28.5 Å². The fourth-order valence-electron chi connectivity index (χ4n) is 2.90. The van der Waals surface area contributed by atoms with E-state index >= 15 is 0 Å². The lowest BCUT2D eigenvalue weighted by atomic mass is 9.84. The normalized spacial score (nSPS) is 30.8. The van der Waals surface area contributed by atoms with Gasteiger partial charge in [-0.2, -0.15) is 11.3 Å². The minimum atomic E-state index is 0.0416. The highest BCUT2D eigenvalue weighted by atomic mass is 32.1. The number of rotatable bonds is 3. The van der Waals surface area contributed by atoms with E-state index in [4.69, 9.17) is 0 Å². The molecule has 0 unspecified atom stereocenters. The van der Waals surface area contributed by atoms with Crippen molar-refractivity contribution in [3.8, 4) is 0 Å². The van der Waals surface area contributed by atoms with Crippen molar-refractivity contribution in [1.29, 1.82) is 0 Å². The van der Waals surface area contributed by atoms with Crippen molar-refractivity contribution < 1.29 is 4.79 Å². The smallest absolute Gasteiger partial charge is 0.244 e. The van der Waals surface area contributed by atoms with Gasteiger partial charge in [0.05, 0.1) is 0 Å². The zero-order valence-corrected chi connectivity index (χ0v) is 11.2. The molecule has 4 heteroatoms. The fraction of sp³-hybridized carbons (Fsp3) is 0.500. The Morgan fingerprint density at radius 3 is 2.89 bits per heavy atom. The molecule has 4 heterocycles. The van der Waals surface area contributed by atoms with Crippen LogP contribution in [0.3, 0.4) is 0 Å². The van der Waals surface area contributed by atoms with E-state index in [-0.39, 0.29) is 5.91 Å². The Labute approximate surface area is 111 Å². The van der Waals surface area contributed by atoms with E-state index in [1.807, 2.05) is 22.9 Å². The van der Waals surface area contributed by atoms with Crippen LogP contribution in [0.4, 0.5) is 0 Å². The number of thiophene rings is 1. The van der Waals surface area contributed by atoms with E-state index < -0.39 is 0 Å². The standard InChI is InChI=1S/C14H18N2OS/c17-14(2-1-11-5-8-18-10-11)15-13-9-16-6-3-12(13)4-7-16/h1-2,5,8,10,12-13H,3-4,6-7,9H2,(H,15,17)/t13-/m0/s1. The predicted octanol–water partition coefficient (Wildman–Crippen LogP) is 1.97. The number of nitrogens with one attached hydrogen (secondary N) is 1. The average molecular weight is 262 g/mol. The number of carbonyl (C=O) groups excluding carboxylic acids is 1. The highest BCUT2D eigenvalue weighted by Crippen LogP contribution is 2.27. The maximum Gasteiger partial charge on any atom is 0.244 e. The summed E-state index contributed by atoms with van der Waals surface area (Å²) in [6.45, 7) is 3.45. The van der Waals surface area contributed by atoms with E-state index in [0.717, 1.165) is 12.1 Å². The summed E-state index contributed by atoms with van der Waals surface area (Å²) in [6, 6.07) is 2.37. The molecule has 1 amide bonds. The molecule has 3 nitrogen and oxygen atoms in total. The zero-order chi connectivity index (χ0) is 12.4. The minimum Gasteiger partial charge on any atom is -0.348 e. The van der Waals surface area contributed by atoms with Crippen molar-refractivity contribution in [1.82, 2.24) is 10.2 Å². The summed E-state index contributed by atoms with van der Waals surface area (Å²) >= 11 is 1.65. The Morgan fingerprint density at radius 1 is 1.44 bits per heavy atom. The molecule has 0 radical (unpaired) electrons. The summed E-state index contributed by atoms with van der Waals surface area (Å²) in [5.74, 6) is 0.730. The lowest BCUT2D eigenvalue weighted by Crippen LogP contribution is -2.57. The first-order valence-electron chi connectivity index (χ1n) is 6.54. The van der Waals surface area contributed by atoms with Gasteiger partial charge in [-0.25, -0.2) is 0 Å². The van der Waals surface area contributed by atoms with Crippen LogP contribution in [0.1, 0.15) is 18.4 Å². The van der Waals surface area contributed by atoms with Gasteiger partial charge in [0.1, 0.15) is 0 Å². The number of hydrogen-bond donors (Lipinski definition) is 1. The highest BCUT2D eigenvalue weighted by Gasteiger charge is 2.34. The summed E-state index contributed by atoms with van der Waals surface area (Å²) in [6.07, 6.45) is 6.01. The molecule has 0 aromatic carbocycles. The topological polar surface area (TPSA) is 32.3 Å². The minimum absolute atomic E-state index is 0.0416. The first kappa shape index (κ1) is 11.9. The van der Waals surface area contributed by atoms with Gasteiger partial charge in [0, 0.05) is 18.7 Å². The molecule has 1 atom stereocenters. The summed E-state index contributed by atoms with van der Waals surface area (Å²) in [7, 11) is 0. The van der Waals surface area contributed by atoms with Crippen LogP contribution in [0.15, 0.2) is 22.9 Å². The van der Waals surface area contributed by atoms with E-state index in [1.165, 1.54) is 25.9 Å². The van der Waals surface area contributed by atoms with Crippen molar-refractivity contribution in [2.75, 3.05) is 19.6 Å². The van der Waals surface area contributed by atoms with Crippen molar-refractivity contribution in [2.45, 2.75) is 18.9 Å². The van der Waals surface area contributed by atoms with E-state index in [2.05, 4.69) is 10.2 Å². The lowest BCUT2D eigenvalue weighted by molar-refractivity contribution is -0.118. The second kappa shape index (κ2) is 5.24. The molecule has 1 N–H and O–H groups in total. The van der Waals surface area contributed by atoms with Crippen LogP contribution in [-0.2, 0) is 4.79 Å². The molecule has 2 bridgehead atoms. The van der Waals surface area contributed by atoms with Gasteiger partial charge >= 0.3 is 0 Å². The molecule has 0 saturated carbocycles. The molecule has 18 heavy (non-hydrogen) atoms. The van der Waals surface area contributed by atoms with Gasteiger partial charge < -0.3 is 10.2 Å². The molecule has 3 aliphatic heterocycles. The Kier molecular flexibility index (Phi) is 3.48. The molecular weight excluding hydrogens is 244 g/mol. The van der Waals surface area contributed by atoms with Crippen LogP contribution in [-0.4, -0.2) is 36.5 Å². The van der Waals surface area contributed by atoms with Crippen molar-refractivity contribution in [3.63, 3.8) is 0 Å². The van der Waals surface area contributed by atoms with Crippen LogP contribution in [0.25, 0.3) is 6.08 Å². The number of amides is 1. The van der Waals surface area contributed by atoms with Crippen molar-refractivity contribution >= 4 is 23.3 Å². The lowest BCUT2D eigenvalue weighted by Gasteiger charge is -2.44. The molecule has 0 spiro atoms. The molecular formula is C14H18N2OS. The second-order valence-corrected chi connectivity index (χ2v) is 5.92. The zero-order valence-electron chi connectivity index (χ0n) is 10.3. The third kappa shape index (κ3) is 2.65. The van der Waals surface area contributed by atoms with Gasteiger partial charge in [-0.05, 0) is 60.3 Å². The molecule has 1 aromatic heterocycles. The number of nitrogens with zero attached hydrogens (tertiary/aromatic N) is 1. The average Bonchev–Trinajstić information content (AvgIpc) is 2.91. The van der Waals surface area contributed by atoms with Crippen LogP contribution in [0.2, 0.25) is 0 Å². The van der Waals surface area contributed by atoms with E-state index in [9.17, 15) is 4.79 Å². The van der Waals surface area contributed by atoms with Crippen LogP contribution < -0.4 is 5.32 Å². The summed E-state index contributed by atoms with van der Waals surface area (Å²) in [5, 5.41) is 7.21. The van der Waals surface area contributed by atoms with Crippen LogP contribution in [0.5, 0.6) is 0 Å². The summed E-state index contributed by atoms with van der Waals surface area (Å²) in [5.41, 5.74) is 1.10. The Morgan fingerprint density at radius 2 is 2.28 bits per heavy atom. The molecule has 0 aliphatic carbocycles. The highest BCUT2D eigenvalue weighted by molar-refractivity contribution is 7.08. The van der Waals surface area contributed by atoms with Crippen LogP contribution >= 0.6 is 11.3 Å². The quantitative estimate of drug-likeness (QED) is 0.845. The number of piperidine rings is 3. The summed E-state index contributed by atoms with van der Waals surface area (Å²) < 4.78 is 0. The number of fused-ring (bicyclic) bond motifs is 3. The maximum atomic E-state index is 11.9. The van der Waals surface area contributed by atoms with Gasteiger partial charge in [-0.1, -0.05) is 0 Å². The van der Waals surface area contributed by atoms with Gasteiger partial charge in [-0.15, -0.1) is 0 Å². The summed E-state index contributed by atoms with van der Waals surface area (Å²) in [4.78, 5) is 14.3. The van der Waals surface area contributed by atoms with E-state index in [1.54, 1.807) is 17.4 Å². The first-order chi connectivity index (χ1) is 8.81. The van der Waals surface area contributed by atoms with Gasteiger partial charge in [0.2, 0.25) is 5.91 Å². The molecule has 3 saturated heterocycles. The Balaban J connectivity index is 1.55. The van der Waals surface area contributed by atoms with Crippen LogP contribution in [0, 0.1) is 5.92 Å². The SMILES string of the molecule is O=C(C=Cc1ccsc1)N[C@H]1CN2CCC1CC2. The third-order valence-corrected chi connectivity index (χ3v) is 4.66. The van der Waals surface area contributed by atoms with Gasteiger partial charge in [-0.3, -0.25) is 4.79 Å². The predicted molar refractivity (Wildman–Crippen MR) is 74.4 cm³/mol. The second-order valence-electron chi connectivity index (χ2n) is 5.14. The maximum absolute atomic E-state index is 11.9. The fourth-order valence-corrected chi connectivity index (χ4v) is 3.53. The van der Waals surface area contributed by atoms with E-state index in [0.29, 0.717) is 12.0 Å². The first-order valence-corrected chi connectivity index (χ1v) is 7.49. The third-order valence-electron chi connectivity index (χ3n) is 3.95. The number of carbonyl (C=O) groups is 1. The molecule has 3 fully saturated rings. The number of hydrogen-bond acceptors (Lipinski definition) is 3. The van der Waals surface area contributed by atoms with Gasteiger partial charge in [0.15, 0.2) is 0 Å². The molecule has 96 valence electrons. The Bertz CT molecular complexity index is 433. The Hall–Kier alpha value is -1.13. The monoisotopic (exact) mass is 262 g/mol. The van der Waals surface area contributed by atoms with Crippen molar-refractivity contribution in [2.24, 2.45) is 5.92 Å². The molecule has 3 aliphatic rings.